The number of pyridine rings is 1. The molecule has 2 heterocycles. The molecule has 2 rings (SSSR count). The molecule has 3 heteroatoms. The molecule has 3 nitrogen and oxygen atoms in total. The fourth-order valence-corrected chi connectivity index (χ4v) is 2.86. The number of likely N-dealkylation sites (tertiary alicyclic amines) is 1. The molecule has 0 aliphatic carbocycles. The molecule has 0 radical (unpaired) electrons. The lowest BCUT2D eigenvalue weighted by molar-refractivity contribution is -0.130. The minimum absolute atomic E-state index is 0.289. The summed E-state index contributed by atoms with van der Waals surface area (Å²) in [5.41, 5.74) is 1.01. The van der Waals surface area contributed by atoms with Crippen molar-refractivity contribution in [1.29, 1.82) is 0 Å². The molecular formula is C16H24N2O. The van der Waals surface area contributed by atoms with Gasteiger partial charge in [0.2, 0.25) is 5.91 Å². The number of nitrogens with zero attached hydrogens (tertiary/aromatic N) is 2. The Labute approximate surface area is 116 Å². The van der Waals surface area contributed by atoms with Crippen molar-refractivity contribution in [2.75, 3.05) is 13.1 Å². The third kappa shape index (κ3) is 4.34. The second-order valence-electron chi connectivity index (χ2n) is 5.95. The van der Waals surface area contributed by atoms with Crippen LogP contribution in [0.3, 0.4) is 0 Å². The van der Waals surface area contributed by atoms with E-state index < -0.39 is 0 Å². The summed E-state index contributed by atoms with van der Waals surface area (Å²) in [6.07, 6.45) is 5.54. The molecule has 1 aliphatic heterocycles. The summed E-state index contributed by atoms with van der Waals surface area (Å²) in [5, 5.41) is 0. The van der Waals surface area contributed by atoms with E-state index in [0.29, 0.717) is 12.3 Å². The number of hydrogen-bond acceptors (Lipinski definition) is 2. The van der Waals surface area contributed by atoms with E-state index in [1.165, 1.54) is 12.8 Å². The highest BCUT2D eigenvalue weighted by atomic mass is 16.2. The molecule has 0 bridgehead atoms. The Kier molecular flexibility index (Phi) is 4.94. The summed E-state index contributed by atoms with van der Waals surface area (Å²) in [6, 6.07) is 5.86. The van der Waals surface area contributed by atoms with Crippen LogP contribution in [0.1, 0.15) is 38.8 Å². The van der Waals surface area contributed by atoms with E-state index in [1.54, 1.807) is 6.20 Å². The van der Waals surface area contributed by atoms with Crippen LogP contribution in [-0.4, -0.2) is 28.9 Å². The maximum absolute atomic E-state index is 12.1. The molecule has 0 aromatic carbocycles. The first-order chi connectivity index (χ1) is 9.15. The third-order valence-electron chi connectivity index (χ3n) is 3.76. The largest absolute Gasteiger partial charge is 0.342 e. The average molecular weight is 260 g/mol. The third-order valence-corrected chi connectivity index (χ3v) is 3.76. The fourth-order valence-electron chi connectivity index (χ4n) is 2.86. The van der Waals surface area contributed by atoms with Crippen LogP contribution in [0.4, 0.5) is 0 Å². The summed E-state index contributed by atoms with van der Waals surface area (Å²) >= 11 is 0. The highest BCUT2D eigenvalue weighted by molar-refractivity contribution is 5.76. The van der Waals surface area contributed by atoms with Gasteiger partial charge >= 0.3 is 0 Å². The standard InChI is InChI=1S/C16H24N2O/c1-13(2)11-14-8-10-18(12-14)16(19)7-6-15-5-3-4-9-17-15/h3-5,9,13-14H,6-8,10-12H2,1-2H3. The zero-order chi connectivity index (χ0) is 13.7. The van der Waals surface area contributed by atoms with Crippen LogP contribution in [0.2, 0.25) is 0 Å². The van der Waals surface area contributed by atoms with Gasteiger partial charge in [-0.2, -0.15) is 0 Å². The Morgan fingerprint density at radius 2 is 2.32 bits per heavy atom. The van der Waals surface area contributed by atoms with Crippen molar-refractivity contribution in [2.45, 2.75) is 39.5 Å². The van der Waals surface area contributed by atoms with E-state index in [9.17, 15) is 4.79 Å². The zero-order valence-electron chi connectivity index (χ0n) is 12.0. The van der Waals surface area contributed by atoms with Crippen molar-refractivity contribution >= 4 is 5.91 Å². The van der Waals surface area contributed by atoms with E-state index in [0.717, 1.165) is 31.1 Å². The molecule has 1 aliphatic rings. The highest BCUT2D eigenvalue weighted by Gasteiger charge is 2.26. The van der Waals surface area contributed by atoms with Gasteiger partial charge in [0, 0.05) is 31.4 Å². The van der Waals surface area contributed by atoms with Crippen molar-refractivity contribution in [3.8, 4) is 0 Å². The smallest absolute Gasteiger partial charge is 0.222 e. The Bertz CT molecular complexity index is 402. The van der Waals surface area contributed by atoms with Crippen LogP contribution in [0.15, 0.2) is 24.4 Å². The second-order valence-corrected chi connectivity index (χ2v) is 5.95. The number of aromatic nitrogens is 1. The van der Waals surface area contributed by atoms with Crippen LogP contribution in [0, 0.1) is 11.8 Å². The maximum atomic E-state index is 12.1. The van der Waals surface area contributed by atoms with Crippen molar-refractivity contribution in [1.82, 2.24) is 9.88 Å². The molecule has 0 spiro atoms. The van der Waals surface area contributed by atoms with Gasteiger partial charge < -0.3 is 4.90 Å². The Morgan fingerprint density at radius 3 is 3.00 bits per heavy atom. The van der Waals surface area contributed by atoms with E-state index in [4.69, 9.17) is 0 Å². The number of aryl methyl sites for hydroxylation is 1. The number of hydrogen-bond donors (Lipinski definition) is 0. The van der Waals surface area contributed by atoms with Crippen LogP contribution in [0.25, 0.3) is 0 Å². The SMILES string of the molecule is CC(C)CC1CCN(C(=O)CCc2ccccn2)C1. The highest BCUT2D eigenvalue weighted by Crippen LogP contribution is 2.23. The number of carbonyl (C=O) groups is 1. The molecule has 1 saturated heterocycles. The average Bonchev–Trinajstić information content (AvgIpc) is 2.85. The van der Waals surface area contributed by atoms with E-state index in [-0.39, 0.29) is 5.91 Å². The second kappa shape index (κ2) is 6.69. The molecule has 104 valence electrons. The quantitative estimate of drug-likeness (QED) is 0.815. The maximum Gasteiger partial charge on any atom is 0.222 e. The van der Waals surface area contributed by atoms with Gasteiger partial charge in [0.25, 0.3) is 0 Å². The fraction of sp³-hybridized carbons (Fsp3) is 0.625. The Balaban J connectivity index is 1.75. The van der Waals surface area contributed by atoms with Crippen molar-refractivity contribution < 1.29 is 4.79 Å². The summed E-state index contributed by atoms with van der Waals surface area (Å²) < 4.78 is 0. The van der Waals surface area contributed by atoms with Gasteiger partial charge in [0.15, 0.2) is 0 Å². The molecule has 1 aromatic rings. The number of amides is 1. The van der Waals surface area contributed by atoms with E-state index in [2.05, 4.69) is 18.8 Å². The lowest BCUT2D eigenvalue weighted by Gasteiger charge is -2.17. The van der Waals surface area contributed by atoms with Crippen LogP contribution in [0.5, 0.6) is 0 Å². The van der Waals surface area contributed by atoms with Gasteiger partial charge in [-0.1, -0.05) is 19.9 Å². The summed E-state index contributed by atoms with van der Waals surface area (Å²) in [6.45, 7) is 6.41. The normalized spacial score (nSPS) is 19.1. The van der Waals surface area contributed by atoms with Crippen molar-refractivity contribution in [3.05, 3.63) is 30.1 Å². The summed E-state index contributed by atoms with van der Waals surface area (Å²) in [7, 11) is 0. The molecule has 19 heavy (non-hydrogen) atoms. The van der Waals surface area contributed by atoms with Gasteiger partial charge in [-0.3, -0.25) is 9.78 Å². The van der Waals surface area contributed by atoms with Crippen molar-refractivity contribution in [3.63, 3.8) is 0 Å². The summed E-state index contributed by atoms with van der Waals surface area (Å²) in [4.78, 5) is 18.4. The Hall–Kier alpha value is -1.38. The van der Waals surface area contributed by atoms with Crippen LogP contribution in [-0.2, 0) is 11.2 Å². The van der Waals surface area contributed by atoms with Crippen molar-refractivity contribution in [2.24, 2.45) is 11.8 Å². The minimum atomic E-state index is 0.289. The van der Waals surface area contributed by atoms with Gasteiger partial charge in [0.05, 0.1) is 0 Å². The lowest BCUT2D eigenvalue weighted by Crippen LogP contribution is -2.29. The molecule has 0 saturated carbocycles. The van der Waals surface area contributed by atoms with Gasteiger partial charge in [-0.15, -0.1) is 0 Å². The monoisotopic (exact) mass is 260 g/mol. The first-order valence-electron chi connectivity index (χ1n) is 7.33. The topological polar surface area (TPSA) is 33.2 Å². The molecule has 1 fully saturated rings. The molecular weight excluding hydrogens is 236 g/mol. The molecule has 1 amide bonds. The predicted molar refractivity (Wildman–Crippen MR) is 76.7 cm³/mol. The van der Waals surface area contributed by atoms with Gasteiger partial charge in [-0.05, 0) is 43.2 Å². The molecule has 1 unspecified atom stereocenters. The zero-order valence-corrected chi connectivity index (χ0v) is 12.0. The van der Waals surface area contributed by atoms with Crippen LogP contribution >= 0.6 is 0 Å². The molecule has 0 N–H and O–H groups in total. The molecule has 1 atom stereocenters. The van der Waals surface area contributed by atoms with Gasteiger partial charge in [0.1, 0.15) is 0 Å². The first-order valence-corrected chi connectivity index (χ1v) is 7.33. The Morgan fingerprint density at radius 1 is 1.47 bits per heavy atom. The lowest BCUT2D eigenvalue weighted by atomic mass is 9.97. The molecule has 1 aromatic heterocycles. The minimum Gasteiger partial charge on any atom is -0.342 e. The van der Waals surface area contributed by atoms with Crippen LogP contribution < -0.4 is 0 Å². The van der Waals surface area contributed by atoms with E-state index >= 15 is 0 Å². The predicted octanol–water partition coefficient (Wildman–Crippen LogP) is 2.91. The summed E-state index contributed by atoms with van der Waals surface area (Å²) in [5.74, 6) is 1.73. The van der Waals surface area contributed by atoms with E-state index in [1.807, 2.05) is 23.1 Å². The number of rotatable bonds is 5. The van der Waals surface area contributed by atoms with Gasteiger partial charge in [-0.25, -0.2) is 0 Å². The number of carbonyl (C=O) groups excluding carboxylic acids is 1. The first kappa shape index (κ1) is 14.0.